The standard InChI is InChI=1S/C17H21Cl2NO/c1-3-16(21)17-12(9-11-5-7-15(17)20(11)2)10-4-6-13(18)14(19)8-10/h4,6,8,11-12,15,17H,3,5,7,9H2,1-2H3/t11?,12-,15?,17+/m1/s1. The lowest BCUT2D eigenvalue weighted by Gasteiger charge is -2.42. The zero-order valence-electron chi connectivity index (χ0n) is 12.5. The van der Waals surface area contributed by atoms with Gasteiger partial charge >= 0.3 is 0 Å². The largest absolute Gasteiger partial charge is 0.300 e. The molecule has 2 aliphatic heterocycles. The van der Waals surface area contributed by atoms with Crippen LogP contribution in [-0.2, 0) is 4.79 Å². The molecule has 2 nitrogen and oxygen atoms in total. The van der Waals surface area contributed by atoms with Crippen molar-refractivity contribution in [2.24, 2.45) is 5.92 Å². The number of hydrogen-bond acceptors (Lipinski definition) is 2. The fraction of sp³-hybridized carbons (Fsp3) is 0.588. The second kappa shape index (κ2) is 5.91. The van der Waals surface area contributed by atoms with Crippen LogP contribution in [0.1, 0.15) is 44.1 Å². The molecule has 0 spiro atoms. The number of Topliss-reactive ketones (excluding diaryl/α,β-unsaturated/α-hetero) is 1. The van der Waals surface area contributed by atoms with Gasteiger partial charge in [-0.3, -0.25) is 9.69 Å². The third-order valence-corrected chi connectivity index (χ3v) is 6.10. The van der Waals surface area contributed by atoms with Crippen LogP contribution in [0.3, 0.4) is 0 Å². The van der Waals surface area contributed by atoms with Crippen molar-refractivity contribution in [3.8, 4) is 0 Å². The van der Waals surface area contributed by atoms with Crippen molar-refractivity contribution in [1.29, 1.82) is 0 Å². The highest BCUT2D eigenvalue weighted by Crippen LogP contribution is 2.47. The highest BCUT2D eigenvalue weighted by Gasteiger charge is 2.48. The van der Waals surface area contributed by atoms with Crippen LogP contribution >= 0.6 is 23.2 Å². The van der Waals surface area contributed by atoms with E-state index in [4.69, 9.17) is 23.2 Å². The van der Waals surface area contributed by atoms with Crippen molar-refractivity contribution in [2.75, 3.05) is 7.05 Å². The van der Waals surface area contributed by atoms with Gasteiger partial charge in [-0.25, -0.2) is 0 Å². The second-order valence-electron chi connectivity index (χ2n) is 6.33. The Kier molecular flexibility index (Phi) is 4.31. The molecule has 21 heavy (non-hydrogen) atoms. The summed E-state index contributed by atoms with van der Waals surface area (Å²) in [5.74, 6) is 0.750. The maximum absolute atomic E-state index is 12.6. The van der Waals surface area contributed by atoms with E-state index in [0.717, 1.165) is 12.8 Å². The van der Waals surface area contributed by atoms with Crippen molar-refractivity contribution in [1.82, 2.24) is 4.90 Å². The first-order chi connectivity index (χ1) is 10.0. The van der Waals surface area contributed by atoms with E-state index < -0.39 is 0 Å². The van der Waals surface area contributed by atoms with Crippen LogP contribution in [0.4, 0.5) is 0 Å². The van der Waals surface area contributed by atoms with E-state index in [2.05, 4.69) is 11.9 Å². The molecule has 2 bridgehead atoms. The highest BCUT2D eigenvalue weighted by molar-refractivity contribution is 6.42. The summed E-state index contributed by atoms with van der Waals surface area (Å²) in [6, 6.07) is 6.83. The van der Waals surface area contributed by atoms with Gasteiger partial charge in [-0.15, -0.1) is 0 Å². The highest BCUT2D eigenvalue weighted by atomic mass is 35.5. The molecule has 0 aromatic heterocycles. The van der Waals surface area contributed by atoms with E-state index in [1.165, 1.54) is 12.0 Å². The molecule has 1 aromatic carbocycles. The van der Waals surface area contributed by atoms with Gasteiger partial charge in [-0.05, 0) is 49.9 Å². The van der Waals surface area contributed by atoms with Crippen molar-refractivity contribution in [3.05, 3.63) is 33.8 Å². The van der Waals surface area contributed by atoms with Gasteiger partial charge in [0, 0.05) is 24.4 Å². The molecule has 4 heteroatoms. The number of ketones is 1. The topological polar surface area (TPSA) is 20.3 Å². The summed E-state index contributed by atoms with van der Waals surface area (Å²) < 4.78 is 0. The Morgan fingerprint density at radius 3 is 2.71 bits per heavy atom. The zero-order valence-corrected chi connectivity index (χ0v) is 14.0. The fourth-order valence-corrected chi connectivity index (χ4v) is 4.53. The lowest BCUT2D eigenvalue weighted by atomic mass is 9.73. The predicted molar refractivity (Wildman–Crippen MR) is 87.2 cm³/mol. The monoisotopic (exact) mass is 325 g/mol. The van der Waals surface area contributed by atoms with Crippen LogP contribution in [0.5, 0.6) is 0 Å². The average molecular weight is 326 g/mol. The lowest BCUT2D eigenvalue weighted by molar-refractivity contribution is -0.126. The molecule has 2 heterocycles. The molecule has 0 N–H and O–H groups in total. The Morgan fingerprint density at radius 1 is 1.29 bits per heavy atom. The number of rotatable bonds is 3. The molecule has 2 unspecified atom stereocenters. The smallest absolute Gasteiger partial charge is 0.137 e. The minimum Gasteiger partial charge on any atom is -0.300 e. The zero-order chi connectivity index (χ0) is 15.1. The predicted octanol–water partition coefficient (Wildman–Crippen LogP) is 4.54. The van der Waals surface area contributed by atoms with E-state index in [1.54, 1.807) is 0 Å². The van der Waals surface area contributed by atoms with Gasteiger partial charge in [0.25, 0.3) is 0 Å². The Hall–Kier alpha value is -0.570. The van der Waals surface area contributed by atoms with Crippen LogP contribution in [0.15, 0.2) is 18.2 Å². The van der Waals surface area contributed by atoms with Gasteiger partial charge < -0.3 is 0 Å². The maximum Gasteiger partial charge on any atom is 0.137 e. The minimum absolute atomic E-state index is 0.0935. The molecule has 2 aliphatic rings. The van der Waals surface area contributed by atoms with Gasteiger partial charge in [0.2, 0.25) is 0 Å². The average Bonchev–Trinajstić information content (AvgIpc) is 2.72. The van der Waals surface area contributed by atoms with E-state index >= 15 is 0 Å². The molecule has 4 atom stereocenters. The van der Waals surface area contributed by atoms with E-state index in [0.29, 0.717) is 34.3 Å². The fourth-order valence-electron chi connectivity index (χ4n) is 4.23. The number of fused-ring (bicyclic) bond motifs is 2. The molecule has 0 saturated carbocycles. The van der Waals surface area contributed by atoms with Gasteiger partial charge in [0.05, 0.1) is 10.0 Å². The SMILES string of the molecule is CCC(=O)[C@@H]1C2CCC(C[C@@H]1c1ccc(Cl)c(Cl)c1)N2C. The molecular formula is C17H21Cl2NO. The Morgan fingerprint density at radius 2 is 2.05 bits per heavy atom. The Labute approximate surface area is 136 Å². The molecule has 0 aliphatic carbocycles. The number of benzene rings is 1. The normalized spacial score (nSPS) is 32.4. The molecule has 1 aromatic rings. The summed E-state index contributed by atoms with van der Waals surface area (Å²) in [6.07, 6.45) is 3.99. The van der Waals surface area contributed by atoms with Crippen LogP contribution in [0.25, 0.3) is 0 Å². The maximum atomic E-state index is 12.6. The molecule has 0 amide bonds. The number of halogens is 2. The first-order valence-corrected chi connectivity index (χ1v) is 8.48. The molecule has 2 fully saturated rings. The van der Waals surface area contributed by atoms with Gasteiger partial charge in [0.15, 0.2) is 0 Å². The first kappa shape index (κ1) is 15.3. The molecule has 3 rings (SSSR count). The number of nitrogens with zero attached hydrogens (tertiary/aromatic N) is 1. The molecule has 114 valence electrons. The third-order valence-electron chi connectivity index (χ3n) is 5.36. The van der Waals surface area contributed by atoms with E-state index in [9.17, 15) is 4.79 Å². The summed E-state index contributed by atoms with van der Waals surface area (Å²) in [4.78, 5) is 15.0. The quantitative estimate of drug-likeness (QED) is 0.813. The summed E-state index contributed by atoms with van der Waals surface area (Å²) in [5.41, 5.74) is 1.17. The summed E-state index contributed by atoms with van der Waals surface area (Å²) in [6.45, 7) is 1.97. The second-order valence-corrected chi connectivity index (χ2v) is 7.14. The number of carbonyl (C=O) groups excluding carboxylic acids is 1. The Bertz CT molecular complexity index is 560. The van der Waals surface area contributed by atoms with Crippen molar-refractivity contribution < 1.29 is 4.79 Å². The van der Waals surface area contributed by atoms with Crippen molar-refractivity contribution >= 4 is 29.0 Å². The van der Waals surface area contributed by atoms with Crippen molar-refractivity contribution in [2.45, 2.75) is 50.6 Å². The number of carbonyl (C=O) groups is 1. The van der Waals surface area contributed by atoms with Crippen LogP contribution in [0, 0.1) is 5.92 Å². The summed E-state index contributed by atoms with van der Waals surface area (Å²) >= 11 is 12.2. The summed E-state index contributed by atoms with van der Waals surface area (Å²) in [7, 11) is 2.17. The first-order valence-electron chi connectivity index (χ1n) is 7.72. The van der Waals surface area contributed by atoms with Gasteiger partial charge in [0.1, 0.15) is 5.78 Å². The number of hydrogen-bond donors (Lipinski definition) is 0. The number of piperidine rings is 1. The van der Waals surface area contributed by atoms with Crippen LogP contribution in [-0.4, -0.2) is 29.8 Å². The summed E-state index contributed by atoms with van der Waals surface area (Å²) in [5, 5.41) is 1.16. The minimum atomic E-state index is 0.0935. The molecule has 2 saturated heterocycles. The van der Waals surface area contributed by atoms with E-state index in [1.807, 2.05) is 25.1 Å². The Balaban J connectivity index is 1.98. The van der Waals surface area contributed by atoms with E-state index in [-0.39, 0.29) is 11.8 Å². The van der Waals surface area contributed by atoms with Gasteiger partial charge in [-0.2, -0.15) is 0 Å². The molecule has 0 radical (unpaired) electrons. The van der Waals surface area contributed by atoms with Gasteiger partial charge in [-0.1, -0.05) is 36.2 Å². The lowest BCUT2D eigenvalue weighted by Crippen LogP contribution is -2.48. The third kappa shape index (κ3) is 2.62. The molecular weight excluding hydrogens is 305 g/mol. The van der Waals surface area contributed by atoms with Crippen molar-refractivity contribution in [3.63, 3.8) is 0 Å². The van der Waals surface area contributed by atoms with Crippen LogP contribution < -0.4 is 0 Å². The van der Waals surface area contributed by atoms with Crippen LogP contribution in [0.2, 0.25) is 10.0 Å².